The summed E-state index contributed by atoms with van der Waals surface area (Å²) in [4.78, 5) is 10.7. The van der Waals surface area contributed by atoms with Gasteiger partial charge in [-0.3, -0.25) is 0 Å². The lowest BCUT2D eigenvalue weighted by atomic mass is 9.71. The summed E-state index contributed by atoms with van der Waals surface area (Å²) in [6, 6.07) is 0. The van der Waals surface area contributed by atoms with Gasteiger partial charge in [0.2, 0.25) is 0 Å². The quantitative estimate of drug-likeness (QED) is 0.271. The molecule has 0 bridgehead atoms. The molecule has 30 heavy (non-hydrogen) atoms. The smallest absolute Gasteiger partial charge is 0.328 e. The molecule has 1 aliphatic rings. The number of allylic oxidation sites excluding steroid dienone is 4. The van der Waals surface area contributed by atoms with Crippen LogP contribution in [0.4, 0.5) is 0 Å². The first-order valence-electron chi connectivity index (χ1n) is 11.0. The van der Waals surface area contributed by atoms with Crippen LogP contribution >= 0.6 is 0 Å². The van der Waals surface area contributed by atoms with Gasteiger partial charge in [-0.1, -0.05) is 42.7 Å². The molecule has 0 aliphatic heterocycles. The van der Waals surface area contributed by atoms with E-state index in [1.807, 2.05) is 0 Å². The van der Waals surface area contributed by atoms with Crippen molar-refractivity contribution in [1.82, 2.24) is 0 Å². The molecule has 0 saturated carbocycles. The molecule has 1 rings (SSSR count). The SMILES string of the molecule is CC1=C(CC/C(C)=C/CC/C(=C/CC(O)/C(=C/C(=O)O)CO)CO)C(C)(C)CCC1. The van der Waals surface area contributed by atoms with Crippen LogP contribution in [0.2, 0.25) is 0 Å². The van der Waals surface area contributed by atoms with Crippen molar-refractivity contribution in [2.75, 3.05) is 13.2 Å². The van der Waals surface area contributed by atoms with Crippen LogP contribution in [-0.2, 0) is 4.79 Å². The molecule has 0 spiro atoms. The highest BCUT2D eigenvalue weighted by molar-refractivity contribution is 5.80. The second kappa shape index (κ2) is 12.9. The first kappa shape index (κ1) is 26.3. The molecule has 0 aromatic carbocycles. The van der Waals surface area contributed by atoms with E-state index in [9.17, 15) is 20.1 Å². The predicted molar refractivity (Wildman–Crippen MR) is 121 cm³/mol. The fourth-order valence-electron chi connectivity index (χ4n) is 4.24. The van der Waals surface area contributed by atoms with Crippen LogP contribution in [0.15, 0.2) is 46.1 Å². The predicted octanol–water partition coefficient (Wildman–Crippen LogP) is 4.69. The molecule has 0 amide bonds. The van der Waals surface area contributed by atoms with Gasteiger partial charge in [0.25, 0.3) is 0 Å². The summed E-state index contributed by atoms with van der Waals surface area (Å²) < 4.78 is 0. The van der Waals surface area contributed by atoms with Gasteiger partial charge in [0.1, 0.15) is 0 Å². The van der Waals surface area contributed by atoms with Gasteiger partial charge in [-0.15, -0.1) is 0 Å². The van der Waals surface area contributed by atoms with E-state index in [1.54, 1.807) is 17.2 Å². The van der Waals surface area contributed by atoms with Crippen LogP contribution in [0.1, 0.15) is 79.1 Å². The Balaban J connectivity index is 2.57. The number of rotatable bonds is 12. The van der Waals surface area contributed by atoms with Gasteiger partial charge in [-0.25, -0.2) is 4.79 Å². The summed E-state index contributed by atoms with van der Waals surface area (Å²) in [6.45, 7) is 8.52. The van der Waals surface area contributed by atoms with Crippen molar-refractivity contribution in [2.24, 2.45) is 5.41 Å². The van der Waals surface area contributed by atoms with Crippen molar-refractivity contribution < 1.29 is 25.2 Å². The van der Waals surface area contributed by atoms with Crippen molar-refractivity contribution in [3.05, 3.63) is 46.1 Å². The van der Waals surface area contributed by atoms with E-state index in [1.165, 1.54) is 24.8 Å². The molecule has 0 saturated heterocycles. The zero-order valence-electron chi connectivity index (χ0n) is 19.1. The number of aliphatic carboxylic acids is 1. The lowest BCUT2D eigenvalue weighted by Gasteiger charge is -2.35. The molecule has 0 heterocycles. The van der Waals surface area contributed by atoms with E-state index in [2.05, 4.69) is 33.8 Å². The first-order valence-corrected chi connectivity index (χ1v) is 11.0. The van der Waals surface area contributed by atoms with Crippen molar-refractivity contribution in [2.45, 2.75) is 85.2 Å². The van der Waals surface area contributed by atoms with Crippen LogP contribution in [0.25, 0.3) is 0 Å². The maximum absolute atomic E-state index is 10.7. The molecular weight excluding hydrogens is 380 g/mol. The molecule has 1 atom stereocenters. The van der Waals surface area contributed by atoms with Gasteiger partial charge in [-0.05, 0) is 81.8 Å². The van der Waals surface area contributed by atoms with E-state index in [4.69, 9.17) is 5.11 Å². The Morgan fingerprint density at radius 2 is 1.87 bits per heavy atom. The van der Waals surface area contributed by atoms with Crippen molar-refractivity contribution >= 4 is 5.97 Å². The third-order valence-corrected chi connectivity index (χ3v) is 6.17. The van der Waals surface area contributed by atoms with Crippen LogP contribution < -0.4 is 0 Å². The van der Waals surface area contributed by atoms with Gasteiger partial charge in [0.15, 0.2) is 0 Å². The molecule has 170 valence electrons. The van der Waals surface area contributed by atoms with Gasteiger partial charge in [0.05, 0.1) is 19.3 Å². The summed E-state index contributed by atoms with van der Waals surface area (Å²) in [7, 11) is 0. The molecular formula is C25H40O5. The second-order valence-corrected chi connectivity index (χ2v) is 9.07. The number of aliphatic hydroxyl groups excluding tert-OH is 3. The number of hydrogen-bond acceptors (Lipinski definition) is 4. The van der Waals surface area contributed by atoms with E-state index >= 15 is 0 Å². The minimum atomic E-state index is -1.20. The van der Waals surface area contributed by atoms with Gasteiger partial charge >= 0.3 is 5.97 Å². The highest BCUT2D eigenvalue weighted by Crippen LogP contribution is 2.42. The molecule has 4 N–H and O–H groups in total. The average molecular weight is 421 g/mol. The van der Waals surface area contributed by atoms with E-state index < -0.39 is 18.7 Å². The van der Waals surface area contributed by atoms with Crippen molar-refractivity contribution in [3.8, 4) is 0 Å². The second-order valence-electron chi connectivity index (χ2n) is 9.07. The molecule has 0 aromatic heterocycles. The summed E-state index contributed by atoms with van der Waals surface area (Å²) in [5.41, 5.74) is 5.68. The average Bonchev–Trinajstić information content (AvgIpc) is 2.67. The molecule has 1 unspecified atom stereocenters. The Morgan fingerprint density at radius 1 is 1.17 bits per heavy atom. The van der Waals surface area contributed by atoms with Gasteiger partial charge in [0, 0.05) is 6.08 Å². The maximum atomic E-state index is 10.7. The Bertz CT molecular complexity index is 694. The lowest BCUT2D eigenvalue weighted by molar-refractivity contribution is -0.131. The zero-order valence-corrected chi connectivity index (χ0v) is 19.1. The Labute approximate surface area is 181 Å². The Kier molecular flexibility index (Phi) is 11.3. The summed E-state index contributed by atoms with van der Waals surface area (Å²) >= 11 is 0. The summed E-state index contributed by atoms with van der Waals surface area (Å²) in [5.74, 6) is -1.20. The minimum absolute atomic E-state index is 0.0574. The molecule has 5 heteroatoms. The highest BCUT2D eigenvalue weighted by atomic mass is 16.4. The molecule has 5 nitrogen and oxygen atoms in total. The fraction of sp³-hybridized carbons (Fsp3) is 0.640. The minimum Gasteiger partial charge on any atom is -0.478 e. The largest absolute Gasteiger partial charge is 0.478 e. The third-order valence-electron chi connectivity index (χ3n) is 6.17. The van der Waals surface area contributed by atoms with Gasteiger partial charge < -0.3 is 20.4 Å². The first-order chi connectivity index (χ1) is 14.1. The number of aliphatic hydroxyl groups is 3. The molecule has 0 aromatic rings. The van der Waals surface area contributed by atoms with E-state index in [-0.39, 0.29) is 18.6 Å². The van der Waals surface area contributed by atoms with Crippen LogP contribution in [0, 0.1) is 5.41 Å². The maximum Gasteiger partial charge on any atom is 0.328 e. The number of hydrogen-bond donors (Lipinski definition) is 4. The molecule has 1 aliphatic carbocycles. The monoisotopic (exact) mass is 420 g/mol. The zero-order chi connectivity index (χ0) is 22.7. The molecule has 0 radical (unpaired) electrons. The summed E-state index contributed by atoms with van der Waals surface area (Å²) in [5, 5.41) is 37.6. The highest BCUT2D eigenvalue weighted by Gasteiger charge is 2.27. The number of carboxylic acid groups (broad SMARTS) is 1. The standard InChI is InChI=1S/C25H40O5/c1-18(10-12-22-19(2)8-6-14-25(22,3)4)7-5-9-20(16-26)11-13-23(28)21(17-27)15-24(29)30/h7,11,15,23,26-28H,5-6,8-10,12-14,16-17H2,1-4H3,(H,29,30)/b18-7+,20-11-,21-15+. The van der Waals surface area contributed by atoms with Crippen molar-refractivity contribution in [3.63, 3.8) is 0 Å². The van der Waals surface area contributed by atoms with Gasteiger partial charge in [-0.2, -0.15) is 0 Å². The van der Waals surface area contributed by atoms with Crippen molar-refractivity contribution in [1.29, 1.82) is 0 Å². The lowest BCUT2D eigenvalue weighted by Crippen LogP contribution is -2.20. The Morgan fingerprint density at radius 3 is 2.43 bits per heavy atom. The van der Waals surface area contributed by atoms with Crippen LogP contribution in [0.5, 0.6) is 0 Å². The van der Waals surface area contributed by atoms with Crippen LogP contribution in [-0.4, -0.2) is 45.7 Å². The van der Waals surface area contributed by atoms with Crippen LogP contribution in [0.3, 0.4) is 0 Å². The Hall–Kier alpha value is -1.69. The normalized spacial score (nSPS) is 19.2. The van der Waals surface area contributed by atoms with E-state index in [0.717, 1.165) is 30.9 Å². The fourth-order valence-corrected chi connectivity index (χ4v) is 4.24. The molecule has 0 fully saturated rings. The summed E-state index contributed by atoms with van der Waals surface area (Å²) in [6.07, 6.45) is 11.3. The third kappa shape index (κ3) is 8.99. The van der Waals surface area contributed by atoms with E-state index in [0.29, 0.717) is 11.8 Å². The number of carboxylic acids is 1. The topological polar surface area (TPSA) is 98.0 Å². The number of carbonyl (C=O) groups is 1.